The summed E-state index contributed by atoms with van der Waals surface area (Å²) in [7, 11) is -27.5. The van der Waals surface area contributed by atoms with Crippen molar-refractivity contribution < 1.29 is 204 Å². The van der Waals surface area contributed by atoms with E-state index < -0.39 is 282 Å². The molecule has 0 spiro atoms. The lowest BCUT2D eigenvalue weighted by atomic mass is 9.88. The van der Waals surface area contributed by atoms with E-state index in [-0.39, 0.29) is 0 Å². The second kappa shape index (κ2) is 30.4. The molecule has 6 aliphatic heterocycles. The highest BCUT2D eigenvalue weighted by molar-refractivity contribution is 7.81. The molecule has 6 aliphatic rings. The smallest absolute Gasteiger partial charge is 0.394 e. The van der Waals surface area contributed by atoms with Gasteiger partial charge in [0, 0.05) is 17.8 Å². The summed E-state index contributed by atoms with van der Waals surface area (Å²) in [6.07, 6.45) is -57.2. The van der Waals surface area contributed by atoms with Gasteiger partial charge in [-0.1, -0.05) is 0 Å². The minimum Gasteiger partial charge on any atom is -0.394 e. The zero-order valence-corrected chi connectivity index (χ0v) is 49.1. The van der Waals surface area contributed by atoms with Crippen LogP contribution >= 0.6 is 0 Å². The maximum absolute atomic E-state index is 12.1. The largest absolute Gasteiger partial charge is 0.397 e. The first-order valence-corrected chi connectivity index (χ1v) is 32.4. The van der Waals surface area contributed by atoms with E-state index in [0.717, 1.165) is 0 Å². The van der Waals surface area contributed by atoms with Crippen molar-refractivity contribution in [3.05, 3.63) is 0 Å². The lowest BCUT2D eigenvalue weighted by Crippen LogP contribution is -2.63. The molecule has 49 heteroatoms. The average molecular weight is 1400 g/mol. The molecule has 0 bridgehead atoms. The van der Waals surface area contributed by atoms with Crippen LogP contribution in [0.15, 0.2) is 0 Å². The molecule has 0 radical (unpaired) electrons. The van der Waals surface area contributed by atoms with Crippen LogP contribution in [-0.2, 0) is 125 Å². The van der Waals surface area contributed by atoms with Gasteiger partial charge in [0.1, 0.15) is 104 Å². The molecular weight excluding hydrogens is 1330 g/mol. The maximum Gasteiger partial charge on any atom is 0.397 e. The summed E-state index contributed by atoms with van der Waals surface area (Å²) in [6, 6.07) is 0. The van der Waals surface area contributed by atoms with E-state index in [2.05, 4.69) is 16.7 Å². The minimum atomic E-state index is -5.65. The van der Waals surface area contributed by atoms with Gasteiger partial charge in [-0.25, -0.2) is 20.9 Å². The van der Waals surface area contributed by atoms with Crippen LogP contribution in [0.5, 0.6) is 0 Å². The number of hydrogen-bond donors (Lipinski definition) is 18. The molecule has 0 saturated carbocycles. The third kappa shape index (κ3) is 19.7. The zero-order valence-electron chi connectivity index (χ0n) is 45.0. The van der Waals surface area contributed by atoms with Crippen LogP contribution in [-0.4, -0.2) is 343 Å². The quantitative estimate of drug-likeness (QED) is 0.0340. The second-order valence-corrected chi connectivity index (χ2v) is 25.7. The van der Waals surface area contributed by atoms with Gasteiger partial charge in [-0.2, -0.15) is 42.1 Å². The molecule has 518 valence electrons. The third-order valence-corrected chi connectivity index (χ3v) is 16.8. The molecule has 18 N–H and O–H groups in total. The molecular formula is C39H68O44S5. The molecule has 0 aromatic carbocycles. The molecule has 6 rings (SSSR count). The van der Waals surface area contributed by atoms with Crippen molar-refractivity contribution in [3.8, 4) is 0 Å². The van der Waals surface area contributed by atoms with Gasteiger partial charge >= 0.3 is 52.0 Å². The molecule has 6 saturated heterocycles. The summed E-state index contributed by atoms with van der Waals surface area (Å²) < 4.78 is 248. The maximum atomic E-state index is 12.1. The molecule has 44 nitrogen and oxygen atoms in total. The molecule has 0 aromatic heterocycles. The number of aliphatic hydroxyl groups is 13. The van der Waals surface area contributed by atoms with E-state index in [1.165, 1.54) is 13.8 Å². The molecule has 1 unspecified atom stereocenters. The molecule has 0 aliphatic carbocycles. The molecule has 0 amide bonds. The molecule has 30 atom stereocenters. The lowest BCUT2D eigenvalue weighted by molar-refractivity contribution is -0.340. The minimum absolute atomic E-state index is 0.842. The van der Waals surface area contributed by atoms with E-state index in [1.54, 1.807) is 0 Å². The van der Waals surface area contributed by atoms with Gasteiger partial charge in [0.25, 0.3) is 0 Å². The van der Waals surface area contributed by atoms with Gasteiger partial charge in [-0.15, -0.1) is 0 Å². The fourth-order valence-electron chi connectivity index (χ4n) is 10.1. The summed E-state index contributed by atoms with van der Waals surface area (Å²) >= 11 is 0. The average Bonchev–Trinajstić information content (AvgIpc) is 2.03. The summed E-state index contributed by atoms with van der Waals surface area (Å²) in [4.78, 5) is 0. The van der Waals surface area contributed by atoms with Crippen LogP contribution in [0, 0.1) is 17.8 Å². The SMILES string of the molecule is C[C@@H]1O[C@@H](OC[C@H]2[C@@H](OS(=O)(=O)O)[C@H](O)[C@H](OC[C@H]3[C@@H](O)[C@@H](CO)O[C@@H](OC[C@@H]4[C@H](OS(=O)(=O)O)[C@@H](O)C(O)O[C@@H]4CO[C@@H]4O[C@H](CO[C@@H]5O[C@H](CO)[C@H](O)[C@H](OS(=O)(=O)O)[C@H]5O)[C@H](O)[C@H](OS(=O)(=O)O)[C@H]4O)[C@@H]3O)O[C@H]2C)[C@@H](O)[C@H](OS(=O)(=O)O)[C@@H]1O. The first kappa shape index (κ1) is 75.4. The van der Waals surface area contributed by atoms with Crippen LogP contribution in [0.3, 0.4) is 0 Å². The van der Waals surface area contributed by atoms with Gasteiger partial charge in [-0.05, 0) is 13.8 Å². The molecule has 6 heterocycles. The van der Waals surface area contributed by atoms with Gasteiger partial charge in [-0.3, -0.25) is 22.8 Å². The van der Waals surface area contributed by atoms with Crippen molar-refractivity contribution in [2.45, 2.75) is 180 Å². The lowest BCUT2D eigenvalue weighted by Gasteiger charge is -2.46. The topological polar surface area (TPSA) is 683 Å². The Kier molecular flexibility index (Phi) is 26.1. The van der Waals surface area contributed by atoms with E-state index in [1.807, 2.05) is 0 Å². The third-order valence-electron chi connectivity index (χ3n) is 14.5. The number of hydrogen-bond acceptors (Lipinski definition) is 39. The van der Waals surface area contributed by atoms with Gasteiger partial charge in [0.2, 0.25) is 0 Å². The van der Waals surface area contributed by atoms with Crippen molar-refractivity contribution in [3.63, 3.8) is 0 Å². The Morgan fingerprint density at radius 1 is 0.295 bits per heavy atom. The van der Waals surface area contributed by atoms with Crippen LogP contribution in [0.2, 0.25) is 0 Å². The monoisotopic (exact) mass is 1400 g/mol. The van der Waals surface area contributed by atoms with E-state index >= 15 is 0 Å². The summed E-state index contributed by atoms with van der Waals surface area (Å²) in [5, 5.41) is 140. The normalized spacial score (nSPS) is 44.4. The predicted molar refractivity (Wildman–Crippen MR) is 262 cm³/mol. The van der Waals surface area contributed by atoms with Crippen LogP contribution in [0.25, 0.3) is 0 Å². The van der Waals surface area contributed by atoms with E-state index in [0.29, 0.717) is 0 Å². The number of rotatable bonds is 27. The summed E-state index contributed by atoms with van der Waals surface area (Å²) in [6.45, 7) is -5.12. The summed E-state index contributed by atoms with van der Waals surface area (Å²) in [5.41, 5.74) is 0. The molecule has 0 aromatic rings. The van der Waals surface area contributed by atoms with Crippen molar-refractivity contribution in [2.75, 3.05) is 46.2 Å². The standard InChI is InChI=1S/C39H68O44S5/c1-10-12(5-68-37-26(49)31(81-86(59,60)61)19(42)11(2)74-37)29(79-84(53,54)55)25(48)36(73-10)70-7-14-20(43)15(3-40)76-35(21(14)44)69-6-13-17(75-34(52)24(47)30(13)80-85(56,57)58)8-71-39-28(51)33(83-88(65,66)67)23(46)18(78-39)9-72-38-27(50)32(82-87(62,63)64)22(45)16(4-41)77-38/h10-52H,3-9H2,1-2H3,(H,53,54,55)(H,56,57,58)(H,59,60,61)(H,62,63,64)(H,65,66,67)/t10-,11-,12+,13-,14-,15+,16+,17+,18+,19+,20+,21+,22-,23-,24+,25-,26-,27+,28+,29+,30-,31+,32-,33-,34?,35+,36+,37+,38+,39+/m0/s1. The van der Waals surface area contributed by atoms with E-state index in [4.69, 9.17) is 60.8 Å². The highest BCUT2D eigenvalue weighted by Gasteiger charge is 2.56. The van der Waals surface area contributed by atoms with Gasteiger partial charge in [0.05, 0.1) is 70.7 Å². The Morgan fingerprint density at radius 3 is 1.05 bits per heavy atom. The highest BCUT2D eigenvalue weighted by atomic mass is 32.3. The second-order valence-electron chi connectivity index (χ2n) is 20.5. The van der Waals surface area contributed by atoms with Gasteiger partial charge < -0.3 is 118 Å². The number of aliphatic hydroxyl groups excluding tert-OH is 13. The fraction of sp³-hybridized carbons (Fsp3) is 1.00. The van der Waals surface area contributed by atoms with Crippen LogP contribution in [0.1, 0.15) is 13.8 Å². The van der Waals surface area contributed by atoms with Gasteiger partial charge in [0.15, 0.2) is 37.7 Å². The first-order valence-electron chi connectivity index (χ1n) is 25.5. The fourth-order valence-corrected chi connectivity index (χ4v) is 12.7. The Labute approximate surface area is 498 Å². The summed E-state index contributed by atoms with van der Waals surface area (Å²) in [5.74, 6) is -5.19. The van der Waals surface area contributed by atoms with Crippen molar-refractivity contribution in [1.29, 1.82) is 0 Å². The first-order chi connectivity index (χ1) is 40.5. The Hall–Kier alpha value is -1.61. The van der Waals surface area contributed by atoms with E-state index in [9.17, 15) is 127 Å². The van der Waals surface area contributed by atoms with Crippen molar-refractivity contribution in [1.82, 2.24) is 0 Å². The predicted octanol–water partition coefficient (Wildman–Crippen LogP) is -12.2. The van der Waals surface area contributed by atoms with Crippen LogP contribution in [0.4, 0.5) is 0 Å². The molecule has 6 fully saturated rings. The van der Waals surface area contributed by atoms with Crippen molar-refractivity contribution >= 4 is 52.0 Å². The molecule has 88 heavy (non-hydrogen) atoms. The zero-order chi connectivity index (χ0) is 66.1. The Bertz CT molecular complexity index is 2820. The van der Waals surface area contributed by atoms with Crippen LogP contribution < -0.4 is 0 Å². The van der Waals surface area contributed by atoms with Crippen molar-refractivity contribution in [2.24, 2.45) is 17.8 Å². The Balaban J connectivity index is 1.18. The number of ether oxygens (including phenoxy) is 11. The highest BCUT2D eigenvalue weighted by Crippen LogP contribution is 2.37. The Morgan fingerprint density at radius 2 is 0.602 bits per heavy atom.